The molecule has 0 bridgehead atoms. The van der Waals surface area contributed by atoms with Gasteiger partial charge in [-0.2, -0.15) is 0 Å². The Kier molecular flexibility index (Phi) is 15.0. The molecule has 0 aromatic heterocycles. The monoisotopic (exact) mass is 729 g/mol. The second-order valence-electron chi connectivity index (χ2n) is 13.1. The maximum atomic E-state index is 12.7. The molecule has 21 N–H and O–H groups in total. The van der Waals surface area contributed by atoms with Crippen LogP contribution in [0.15, 0.2) is 0 Å². The zero-order valence-corrected chi connectivity index (χ0v) is 27.4. The van der Waals surface area contributed by atoms with E-state index >= 15 is 0 Å². The van der Waals surface area contributed by atoms with Crippen LogP contribution in [0, 0.1) is 0 Å². The van der Waals surface area contributed by atoms with E-state index in [1.165, 1.54) is 0 Å². The number of aliphatic hydroxyl groups excluding tert-OH is 8. The van der Waals surface area contributed by atoms with E-state index in [9.17, 15) is 45.6 Å². The van der Waals surface area contributed by atoms with Crippen LogP contribution in [0.25, 0.3) is 0 Å². The highest BCUT2D eigenvalue weighted by Crippen LogP contribution is 2.35. The largest absolute Gasteiger partial charge is 0.394 e. The lowest BCUT2D eigenvalue weighted by Gasteiger charge is -2.48. The molecule has 3 saturated heterocycles. The highest BCUT2D eigenvalue weighted by Gasteiger charge is 2.55. The van der Waals surface area contributed by atoms with E-state index in [1.807, 2.05) is 0 Å². The summed E-state index contributed by atoms with van der Waals surface area (Å²) in [7, 11) is 0. The zero-order chi connectivity index (χ0) is 37.0. The van der Waals surface area contributed by atoms with Crippen molar-refractivity contribution in [3.63, 3.8) is 0 Å². The van der Waals surface area contributed by atoms with Crippen LogP contribution in [0.4, 0.5) is 0 Å². The molecule has 4 fully saturated rings. The number of nitrogens with two attached hydrogens (primary N) is 6. The van der Waals surface area contributed by atoms with E-state index in [1.54, 1.807) is 0 Å². The topological polar surface area (TPSA) is 402 Å². The van der Waals surface area contributed by atoms with Crippen LogP contribution in [0.3, 0.4) is 0 Å². The Bertz CT molecular complexity index is 1070. The fourth-order valence-corrected chi connectivity index (χ4v) is 6.63. The van der Waals surface area contributed by atoms with Gasteiger partial charge in [0.25, 0.3) is 0 Å². The molecule has 22 heteroatoms. The lowest BCUT2D eigenvalue weighted by Crippen LogP contribution is -2.68. The van der Waals surface area contributed by atoms with Gasteiger partial charge in [0.05, 0.1) is 30.8 Å². The molecule has 4 aliphatic rings. The smallest absolute Gasteiger partial charge is 0.249 e. The van der Waals surface area contributed by atoms with Crippen molar-refractivity contribution in [1.82, 2.24) is 5.32 Å². The van der Waals surface area contributed by atoms with Crippen molar-refractivity contribution in [2.45, 2.75) is 142 Å². The minimum absolute atomic E-state index is 0.00566. The highest BCUT2D eigenvalue weighted by molar-refractivity contribution is 5.80. The predicted molar refractivity (Wildman–Crippen MR) is 167 cm³/mol. The number of ether oxygens (including phenoxy) is 6. The van der Waals surface area contributed by atoms with Crippen LogP contribution in [0.2, 0.25) is 0 Å². The second kappa shape index (κ2) is 18.1. The molecule has 4 rings (SSSR count). The summed E-state index contributed by atoms with van der Waals surface area (Å²) in [5.74, 6) is -0.845. The summed E-state index contributed by atoms with van der Waals surface area (Å²) in [6.07, 6.45) is -22.8. The Labute approximate surface area is 287 Å². The number of hydrogen-bond acceptors (Lipinski definition) is 21. The van der Waals surface area contributed by atoms with Gasteiger partial charge in [0.15, 0.2) is 18.9 Å². The first-order chi connectivity index (χ1) is 23.7. The van der Waals surface area contributed by atoms with Gasteiger partial charge in [-0.05, 0) is 32.4 Å². The van der Waals surface area contributed by atoms with E-state index in [2.05, 4.69) is 5.32 Å². The second-order valence-corrected chi connectivity index (χ2v) is 13.1. The molecule has 0 spiro atoms. The van der Waals surface area contributed by atoms with Gasteiger partial charge in [-0.3, -0.25) is 4.79 Å². The molecule has 3 heterocycles. The van der Waals surface area contributed by atoms with Crippen molar-refractivity contribution in [3.05, 3.63) is 0 Å². The summed E-state index contributed by atoms with van der Waals surface area (Å²) in [6, 6.07) is -4.79. The molecule has 292 valence electrons. The number of amides is 1. The number of aliphatic hydroxyl groups is 8. The van der Waals surface area contributed by atoms with Crippen molar-refractivity contribution in [2.75, 3.05) is 26.2 Å². The van der Waals surface area contributed by atoms with Crippen LogP contribution in [0.1, 0.15) is 19.3 Å². The Balaban J connectivity index is 1.57. The van der Waals surface area contributed by atoms with E-state index in [0.717, 1.165) is 0 Å². The van der Waals surface area contributed by atoms with Crippen LogP contribution < -0.4 is 39.7 Å². The molecule has 0 aromatic rings. The highest BCUT2D eigenvalue weighted by atomic mass is 16.8. The van der Waals surface area contributed by atoms with E-state index in [0.29, 0.717) is 0 Å². The third-order valence-electron chi connectivity index (χ3n) is 9.62. The van der Waals surface area contributed by atoms with Crippen molar-refractivity contribution < 1.29 is 74.1 Å². The van der Waals surface area contributed by atoms with Crippen LogP contribution in [-0.2, 0) is 33.2 Å². The summed E-state index contributed by atoms with van der Waals surface area (Å²) >= 11 is 0. The van der Waals surface area contributed by atoms with E-state index < -0.39 is 135 Å². The fraction of sp³-hybridized carbons (Fsp3) is 0.964. The zero-order valence-electron chi connectivity index (χ0n) is 27.4. The summed E-state index contributed by atoms with van der Waals surface area (Å²) in [5.41, 5.74) is 35.4. The lowest BCUT2D eigenvalue weighted by molar-refractivity contribution is -0.309. The van der Waals surface area contributed by atoms with Gasteiger partial charge in [0.2, 0.25) is 5.91 Å². The first kappa shape index (κ1) is 41.4. The number of rotatable bonds is 14. The Morgan fingerprint density at radius 3 is 1.80 bits per heavy atom. The maximum absolute atomic E-state index is 12.7. The Morgan fingerprint density at radius 2 is 1.24 bits per heavy atom. The molecule has 1 aliphatic carbocycles. The van der Waals surface area contributed by atoms with Crippen LogP contribution >= 0.6 is 0 Å². The van der Waals surface area contributed by atoms with E-state index in [4.69, 9.17) is 62.8 Å². The Hall–Kier alpha value is -1.33. The van der Waals surface area contributed by atoms with Gasteiger partial charge in [-0.25, -0.2) is 0 Å². The molecule has 3 aliphatic heterocycles. The first-order valence-corrected chi connectivity index (χ1v) is 16.7. The number of hydrogen-bond donors (Lipinski definition) is 15. The summed E-state index contributed by atoms with van der Waals surface area (Å²) in [4.78, 5) is 12.7. The molecule has 50 heavy (non-hydrogen) atoms. The molecular weight excluding hydrogens is 674 g/mol. The standard InChI is InChI=1S/C28H55N7O15/c29-3-1-10(37)25(44)35-9-5-8(32)22(48-26-14(33)19(41)17(39)11(45-26)2-4-30)24(16(9)38)50-28-21(43)23(13(7-36)47-28)49-27-15(34)20(42)18(40)12(6-31)46-27/h8-24,26-28,36-43H,1-7,29-34H2,(H,35,44)/t8-,9+,10-,11+,12-,13+,14+,15+,16-,17+,18+,19-,20+,21+,22+,23+,24+,26+,27+,28-/m0/s1. The average Bonchev–Trinajstić information content (AvgIpc) is 3.39. The van der Waals surface area contributed by atoms with Crippen molar-refractivity contribution in [1.29, 1.82) is 0 Å². The van der Waals surface area contributed by atoms with Gasteiger partial charge in [-0.1, -0.05) is 0 Å². The quantitative estimate of drug-likeness (QED) is 0.0789. The molecule has 20 atom stereocenters. The normalized spacial score (nSPS) is 47.6. The third-order valence-corrected chi connectivity index (χ3v) is 9.62. The molecule has 1 amide bonds. The number of nitrogens with one attached hydrogen (secondary N) is 1. The van der Waals surface area contributed by atoms with Crippen LogP contribution in [-0.4, -0.2) is 195 Å². The molecule has 0 radical (unpaired) electrons. The molecule has 22 nitrogen and oxygen atoms in total. The first-order valence-electron chi connectivity index (χ1n) is 16.7. The van der Waals surface area contributed by atoms with Crippen molar-refractivity contribution in [3.8, 4) is 0 Å². The van der Waals surface area contributed by atoms with Crippen molar-refractivity contribution >= 4 is 5.91 Å². The van der Waals surface area contributed by atoms with Gasteiger partial charge in [-0.15, -0.1) is 0 Å². The number of carbonyl (C=O) groups is 1. The van der Waals surface area contributed by atoms with Crippen molar-refractivity contribution in [2.24, 2.45) is 34.4 Å². The fourth-order valence-electron chi connectivity index (χ4n) is 6.63. The third kappa shape index (κ3) is 8.88. The minimum atomic E-state index is -1.72. The molecule has 1 saturated carbocycles. The summed E-state index contributed by atoms with van der Waals surface area (Å²) < 4.78 is 35.2. The van der Waals surface area contributed by atoms with Gasteiger partial charge in [0.1, 0.15) is 73.2 Å². The maximum Gasteiger partial charge on any atom is 0.249 e. The molecule has 0 unspecified atom stereocenters. The summed E-state index contributed by atoms with van der Waals surface area (Å²) in [6.45, 7) is -0.821. The molecule has 0 aromatic carbocycles. The van der Waals surface area contributed by atoms with E-state index in [-0.39, 0.29) is 38.9 Å². The van der Waals surface area contributed by atoms with Gasteiger partial charge in [0, 0.05) is 12.6 Å². The number of carbonyl (C=O) groups excluding carboxylic acids is 1. The Morgan fingerprint density at radius 1 is 0.700 bits per heavy atom. The lowest BCUT2D eigenvalue weighted by atomic mass is 9.83. The average molecular weight is 730 g/mol. The predicted octanol–water partition coefficient (Wildman–Crippen LogP) is -9.64. The summed E-state index contributed by atoms with van der Waals surface area (Å²) in [5, 5.41) is 87.3. The van der Waals surface area contributed by atoms with Gasteiger partial charge < -0.3 is 109 Å². The van der Waals surface area contributed by atoms with Crippen LogP contribution in [0.5, 0.6) is 0 Å². The molecular formula is C28H55N7O15. The van der Waals surface area contributed by atoms with Gasteiger partial charge >= 0.3 is 0 Å². The SMILES string of the molecule is NCC[C@H](O)C(=O)N[C@@H]1C[C@H](N)[C@@H](O[C@H]2O[C@H](CCN)[C@@H](O)[C@@H](O)[C@H]2N)[C@H](O[C@@H]2O[C@H](CO)[C@@H](O[C@H]3O[C@@H](CN)[C@@H](O)[C@H](O)[C@H]3N)[C@H]2O)[C@H]1O. The minimum Gasteiger partial charge on any atom is -0.394 e.